The van der Waals surface area contributed by atoms with Crippen molar-refractivity contribution in [3.8, 4) is 0 Å². The number of likely N-dealkylation sites (N-methyl/N-ethyl adjacent to an activating group) is 1. The van der Waals surface area contributed by atoms with E-state index in [2.05, 4.69) is 0 Å². The highest BCUT2D eigenvalue weighted by Crippen LogP contribution is 2.42. The van der Waals surface area contributed by atoms with Gasteiger partial charge in [0.2, 0.25) is 0 Å². The lowest BCUT2D eigenvalue weighted by molar-refractivity contribution is -0.326. The van der Waals surface area contributed by atoms with E-state index in [4.69, 9.17) is 58.0 Å². The fraction of sp³-hybridized carbons (Fsp3) is 0.940. The number of hydrogen-bond donors (Lipinski definition) is 13. The Morgan fingerprint density at radius 3 is 1.88 bits per heavy atom. The van der Waals surface area contributed by atoms with Crippen molar-refractivity contribution >= 4 is 17.7 Å². The Balaban J connectivity index is 0.000000529. The number of aliphatic hydroxyl groups is 12. The predicted molar refractivity (Wildman–Crippen MR) is 262 cm³/mol. The molecule has 0 aromatic rings. The number of cyclic esters (lactones) is 1. The molecule has 76 heavy (non-hydrogen) atoms. The van der Waals surface area contributed by atoms with Crippen LogP contribution in [-0.4, -0.2) is 270 Å². The van der Waals surface area contributed by atoms with E-state index in [1.165, 1.54) is 21.1 Å². The van der Waals surface area contributed by atoms with E-state index >= 15 is 0 Å². The van der Waals surface area contributed by atoms with Crippen LogP contribution in [0.3, 0.4) is 0 Å². The van der Waals surface area contributed by atoms with Crippen molar-refractivity contribution in [2.24, 2.45) is 23.7 Å². The van der Waals surface area contributed by atoms with Gasteiger partial charge < -0.3 is 114 Å². The number of hydrogen-bond acceptors (Lipinski definition) is 25. The van der Waals surface area contributed by atoms with Crippen molar-refractivity contribution < 1.29 is 123 Å². The maximum atomic E-state index is 14.2. The molecule has 4 aliphatic heterocycles. The van der Waals surface area contributed by atoms with Crippen LogP contribution in [0.5, 0.6) is 0 Å². The van der Waals surface area contributed by atoms with Crippen molar-refractivity contribution in [2.75, 3.05) is 41.5 Å². The molecule has 0 aliphatic carbocycles. The van der Waals surface area contributed by atoms with Crippen LogP contribution in [0.1, 0.15) is 94.9 Å². The van der Waals surface area contributed by atoms with Gasteiger partial charge in [-0.2, -0.15) is 0 Å². The molecule has 13 N–H and O–H groups in total. The average Bonchev–Trinajstić information content (AvgIpc) is 3.37. The standard InChI is InChI=1S/C38H69NO13.C12H22O12/c1-15-26-38(10,45)31(42)21(4)28(40)19(2)17-37(9,47-14)33(52-35-29(41)25(39(11)12)16-20(3)48-35)22(5)30(23(6)34(44)50-26)51-27-18-36(8,46-13)32(43)24(7)49-27;13-1-3(15)10(7(18)8(19)11(21)22)24-12-9(20)6(17)5(16)4(2-14)23-12/h19-27,29-33,35,41-43,45H,15-18H2,1-14H3;3-10,12-20H,1-2H2,(H,21,22)/t19-,20-,21+,22+,23-,24+,25+,26-,27+,29-,30-,31-,32+,33-,35+,36-,37-,38-;3?,4-,5+,6+,7?,8?,9-,10?,12+/m11/s1. The van der Waals surface area contributed by atoms with Crippen molar-refractivity contribution in [3.63, 3.8) is 0 Å². The fourth-order valence-electron chi connectivity index (χ4n) is 10.7. The summed E-state index contributed by atoms with van der Waals surface area (Å²) < 4.78 is 53.9. The minimum Gasteiger partial charge on any atom is -0.479 e. The van der Waals surface area contributed by atoms with Crippen molar-refractivity contribution in [3.05, 3.63) is 0 Å². The number of rotatable bonds is 16. The van der Waals surface area contributed by atoms with Crippen LogP contribution in [0.25, 0.3) is 0 Å². The lowest BCUT2D eigenvalue weighted by Crippen LogP contribution is -2.61. The van der Waals surface area contributed by atoms with Crippen molar-refractivity contribution in [2.45, 2.75) is 234 Å². The second-order valence-corrected chi connectivity index (χ2v) is 22.0. The smallest absolute Gasteiger partial charge is 0.335 e. The third-order valence-corrected chi connectivity index (χ3v) is 15.9. The van der Waals surface area contributed by atoms with Crippen LogP contribution in [0.15, 0.2) is 0 Å². The topological polar surface area (TPSA) is 401 Å². The maximum Gasteiger partial charge on any atom is 0.335 e. The van der Waals surface area contributed by atoms with E-state index in [1.54, 1.807) is 48.5 Å². The van der Waals surface area contributed by atoms with E-state index in [0.29, 0.717) is 6.42 Å². The Morgan fingerprint density at radius 2 is 1.37 bits per heavy atom. The van der Waals surface area contributed by atoms with Gasteiger partial charge in [-0.05, 0) is 74.9 Å². The Hall–Kier alpha value is -2.23. The summed E-state index contributed by atoms with van der Waals surface area (Å²) in [6, 6.07) is -0.283. The zero-order chi connectivity index (χ0) is 58.3. The van der Waals surface area contributed by atoms with E-state index < -0.39 is 176 Å². The molecule has 0 amide bonds. The molecule has 26 heteroatoms. The first kappa shape index (κ1) is 68.0. The number of ketones is 1. The lowest BCUT2D eigenvalue weighted by Gasteiger charge is -2.50. The lowest BCUT2D eigenvalue weighted by atomic mass is 9.74. The molecule has 0 spiro atoms. The molecule has 26 nitrogen and oxygen atoms in total. The van der Waals surface area contributed by atoms with E-state index in [0.717, 1.165) is 0 Å². The van der Waals surface area contributed by atoms with Gasteiger partial charge in [-0.3, -0.25) is 9.59 Å². The van der Waals surface area contributed by atoms with Crippen LogP contribution < -0.4 is 0 Å². The quantitative estimate of drug-likeness (QED) is 0.0676. The molecule has 4 saturated heterocycles. The van der Waals surface area contributed by atoms with Crippen LogP contribution in [0, 0.1) is 23.7 Å². The maximum absolute atomic E-state index is 14.2. The number of carboxylic acid groups (broad SMARTS) is 1. The molecule has 4 rings (SSSR count). The molecular formula is C50H91NO25. The zero-order valence-corrected chi connectivity index (χ0v) is 46.3. The summed E-state index contributed by atoms with van der Waals surface area (Å²) in [5.74, 6) is -6.31. The number of methoxy groups -OCH3 is 2. The average molecular weight is 1110 g/mol. The summed E-state index contributed by atoms with van der Waals surface area (Å²) in [4.78, 5) is 40.8. The summed E-state index contributed by atoms with van der Waals surface area (Å²) in [5, 5.41) is 130. The van der Waals surface area contributed by atoms with Gasteiger partial charge in [0.25, 0.3) is 0 Å². The summed E-state index contributed by atoms with van der Waals surface area (Å²) in [5.41, 5.74) is -4.24. The Morgan fingerprint density at radius 1 is 0.776 bits per heavy atom. The third-order valence-electron chi connectivity index (χ3n) is 15.9. The van der Waals surface area contributed by atoms with Gasteiger partial charge in [-0.1, -0.05) is 27.7 Å². The third kappa shape index (κ3) is 15.6. The minimum atomic E-state index is -2.39. The molecule has 446 valence electrons. The fourth-order valence-corrected chi connectivity index (χ4v) is 10.7. The summed E-state index contributed by atoms with van der Waals surface area (Å²) in [7, 11) is 6.77. The second-order valence-electron chi connectivity index (χ2n) is 22.0. The van der Waals surface area contributed by atoms with Gasteiger partial charge in [0.15, 0.2) is 25.0 Å². The van der Waals surface area contributed by atoms with E-state index in [1.807, 2.05) is 32.8 Å². The summed E-state index contributed by atoms with van der Waals surface area (Å²) >= 11 is 0. The number of esters is 1. The number of ether oxygens (including phenoxy) is 9. The molecule has 27 atom stereocenters. The van der Waals surface area contributed by atoms with Gasteiger partial charge in [0, 0.05) is 44.4 Å². The highest BCUT2D eigenvalue weighted by molar-refractivity contribution is 5.83. The van der Waals surface area contributed by atoms with Gasteiger partial charge in [0.1, 0.15) is 72.4 Å². The van der Waals surface area contributed by atoms with Crippen LogP contribution >= 0.6 is 0 Å². The summed E-state index contributed by atoms with van der Waals surface area (Å²) in [6.07, 6.45) is -25.7. The number of carbonyl (C=O) groups excluding carboxylic acids is 2. The Bertz CT molecular complexity index is 1810. The predicted octanol–water partition coefficient (Wildman–Crippen LogP) is -3.23. The molecule has 4 unspecified atom stereocenters. The first-order valence-electron chi connectivity index (χ1n) is 25.9. The first-order chi connectivity index (χ1) is 35.1. The minimum absolute atomic E-state index is 0.111. The molecule has 4 fully saturated rings. The monoisotopic (exact) mass is 1110 g/mol. The van der Waals surface area contributed by atoms with Gasteiger partial charge in [-0.15, -0.1) is 0 Å². The summed E-state index contributed by atoms with van der Waals surface area (Å²) in [6.45, 7) is 15.3. The molecule has 0 saturated carbocycles. The number of nitrogens with zero attached hydrogens (tertiary/aromatic N) is 1. The Labute approximate surface area is 444 Å². The number of aliphatic carboxylic acids is 1. The largest absolute Gasteiger partial charge is 0.479 e. The molecule has 0 radical (unpaired) electrons. The normalized spacial score (nSPS) is 44.9. The molecule has 0 aromatic carbocycles. The van der Waals surface area contributed by atoms with Crippen LogP contribution in [0.2, 0.25) is 0 Å². The first-order valence-corrected chi connectivity index (χ1v) is 25.9. The number of carbonyl (C=O) groups is 3. The van der Waals surface area contributed by atoms with Gasteiger partial charge in [-0.25, -0.2) is 4.79 Å². The highest BCUT2D eigenvalue weighted by atomic mass is 16.7. The number of carboxylic acids is 1. The Kier molecular flexibility index (Phi) is 25.5. The zero-order valence-electron chi connectivity index (χ0n) is 46.3. The van der Waals surface area contributed by atoms with Crippen LogP contribution in [0.4, 0.5) is 0 Å². The van der Waals surface area contributed by atoms with Crippen LogP contribution in [-0.2, 0) is 57.0 Å². The van der Waals surface area contributed by atoms with E-state index in [9.17, 15) is 65.4 Å². The molecule has 4 aliphatic rings. The van der Waals surface area contributed by atoms with Gasteiger partial charge in [0.05, 0.1) is 60.9 Å². The molecular weight excluding hydrogens is 1010 g/mol. The SMILES string of the molecule is CC[C@H]1OC(=O)[C@H](C)[C@H](O[C@H]2C[C@@](C)(OC)[C@@H](O)[C@H](C)O2)[C@H](C)[C@@H](O[C@@H]2O[C@H](C)C[C@H](N(C)C)[C@H]2O)[C@](C)(OC)C[C@@H](C)C(=O)[C@H](C)[C@@H](O)[C@]1(C)O.O=C(O)C(O)C(O)C(O[C@@H]1O[C@H](CO)[C@H](O)[C@H](O)[C@H]1O)C(O)CO. The number of Topliss-reactive ketones (excluding diaryl/α,β-unsaturated/α-hetero) is 1. The van der Waals surface area contributed by atoms with Crippen molar-refractivity contribution in [1.82, 2.24) is 4.90 Å². The highest BCUT2D eigenvalue weighted by Gasteiger charge is 2.55. The number of aliphatic hydroxyl groups excluding tert-OH is 11. The van der Waals surface area contributed by atoms with Gasteiger partial charge >= 0.3 is 11.9 Å². The molecule has 0 aromatic heterocycles. The molecule has 0 bridgehead atoms. The second kappa shape index (κ2) is 28.5. The molecule has 4 heterocycles. The van der Waals surface area contributed by atoms with Crippen molar-refractivity contribution in [1.29, 1.82) is 0 Å². The van der Waals surface area contributed by atoms with E-state index in [-0.39, 0.29) is 37.2 Å².